The standard InChI is InChI=1S/C33H44N2O5/c1-3-4-5-6-7-8-19-38-30-14-16-31(17-15-30)40-33(37)26-12-9-25(10-13-26)11-18-32(36)39-23-24(2)27-20-28(34)22-29(35)21-27/h3,9-13,18,20-22,24,30-31H,1,4-8,14-17,19,23,34-35H2,2H3. The lowest BCUT2D eigenvalue weighted by atomic mass is 9.95. The molecule has 0 heterocycles. The van der Waals surface area contributed by atoms with Crippen molar-refractivity contribution in [3.8, 4) is 0 Å². The van der Waals surface area contributed by atoms with Crippen LogP contribution in [0.1, 0.15) is 92.1 Å². The topological polar surface area (TPSA) is 114 Å². The van der Waals surface area contributed by atoms with Crippen LogP contribution in [0.2, 0.25) is 0 Å². The number of carbonyl (C=O) groups excluding carboxylic acids is 2. The summed E-state index contributed by atoms with van der Waals surface area (Å²) in [5.41, 5.74) is 15.0. The minimum atomic E-state index is -0.449. The van der Waals surface area contributed by atoms with Gasteiger partial charge >= 0.3 is 11.9 Å². The molecule has 4 N–H and O–H groups in total. The van der Waals surface area contributed by atoms with E-state index in [0.717, 1.165) is 56.3 Å². The van der Waals surface area contributed by atoms with E-state index in [1.54, 1.807) is 36.4 Å². The van der Waals surface area contributed by atoms with Gasteiger partial charge in [-0.25, -0.2) is 9.59 Å². The van der Waals surface area contributed by atoms with Crippen LogP contribution in [0, 0.1) is 0 Å². The average Bonchev–Trinajstić information content (AvgIpc) is 2.95. The Morgan fingerprint density at radius 3 is 2.27 bits per heavy atom. The first kappa shape index (κ1) is 31.0. The van der Waals surface area contributed by atoms with Crippen molar-refractivity contribution in [3.63, 3.8) is 0 Å². The van der Waals surface area contributed by atoms with Crippen LogP contribution in [0.3, 0.4) is 0 Å². The van der Waals surface area contributed by atoms with Crippen LogP contribution in [-0.2, 0) is 19.0 Å². The van der Waals surface area contributed by atoms with E-state index in [1.165, 1.54) is 25.3 Å². The molecule has 0 saturated heterocycles. The van der Waals surface area contributed by atoms with E-state index in [4.69, 9.17) is 25.7 Å². The molecule has 1 aliphatic carbocycles. The number of allylic oxidation sites excluding steroid dienone is 1. The van der Waals surface area contributed by atoms with Gasteiger partial charge in [-0.2, -0.15) is 0 Å². The molecular weight excluding hydrogens is 504 g/mol. The third-order valence-electron chi connectivity index (χ3n) is 7.15. The summed E-state index contributed by atoms with van der Waals surface area (Å²) in [5.74, 6) is -0.816. The number of ether oxygens (including phenoxy) is 3. The third-order valence-corrected chi connectivity index (χ3v) is 7.15. The lowest BCUT2D eigenvalue weighted by Gasteiger charge is -2.28. The molecule has 1 fully saturated rings. The van der Waals surface area contributed by atoms with Crippen LogP contribution in [0.25, 0.3) is 6.08 Å². The Morgan fingerprint density at radius 2 is 1.60 bits per heavy atom. The monoisotopic (exact) mass is 548 g/mol. The fourth-order valence-electron chi connectivity index (χ4n) is 4.76. The van der Waals surface area contributed by atoms with E-state index in [2.05, 4.69) is 6.58 Å². The first-order valence-corrected chi connectivity index (χ1v) is 14.4. The van der Waals surface area contributed by atoms with Crippen LogP contribution in [0.4, 0.5) is 11.4 Å². The number of esters is 2. The number of carbonyl (C=O) groups is 2. The molecule has 40 heavy (non-hydrogen) atoms. The van der Waals surface area contributed by atoms with Gasteiger partial charge in [0.15, 0.2) is 0 Å². The largest absolute Gasteiger partial charge is 0.462 e. The van der Waals surface area contributed by atoms with E-state index < -0.39 is 5.97 Å². The summed E-state index contributed by atoms with van der Waals surface area (Å²) in [6.45, 7) is 6.71. The summed E-state index contributed by atoms with van der Waals surface area (Å²) >= 11 is 0. The summed E-state index contributed by atoms with van der Waals surface area (Å²) in [7, 11) is 0. The lowest BCUT2D eigenvalue weighted by Crippen LogP contribution is -2.28. The molecule has 0 bridgehead atoms. The zero-order chi connectivity index (χ0) is 28.7. The Morgan fingerprint density at radius 1 is 0.950 bits per heavy atom. The minimum Gasteiger partial charge on any atom is -0.462 e. The molecule has 216 valence electrons. The Labute approximate surface area is 238 Å². The molecule has 2 aromatic carbocycles. The Balaban J connectivity index is 1.34. The number of nitrogen functional groups attached to an aromatic ring is 2. The number of unbranched alkanes of at least 4 members (excludes halogenated alkanes) is 4. The van der Waals surface area contributed by atoms with Crippen molar-refractivity contribution in [2.75, 3.05) is 24.7 Å². The second-order valence-electron chi connectivity index (χ2n) is 10.6. The highest BCUT2D eigenvalue weighted by molar-refractivity contribution is 5.90. The lowest BCUT2D eigenvalue weighted by molar-refractivity contribution is -0.138. The molecule has 0 radical (unpaired) electrons. The Kier molecular flexibility index (Phi) is 12.8. The van der Waals surface area contributed by atoms with Gasteiger partial charge in [-0.05, 0) is 92.5 Å². The highest BCUT2D eigenvalue weighted by Gasteiger charge is 2.24. The molecule has 3 rings (SSSR count). The minimum absolute atomic E-state index is 0.0431. The highest BCUT2D eigenvalue weighted by Crippen LogP contribution is 2.25. The maximum absolute atomic E-state index is 12.6. The molecule has 1 atom stereocenters. The normalized spacial score (nSPS) is 17.8. The molecule has 0 aromatic heterocycles. The average molecular weight is 549 g/mol. The van der Waals surface area contributed by atoms with E-state index in [0.29, 0.717) is 16.9 Å². The summed E-state index contributed by atoms with van der Waals surface area (Å²) < 4.78 is 17.1. The maximum atomic E-state index is 12.6. The molecule has 0 aliphatic heterocycles. The maximum Gasteiger partial charge on any atom is 0.338 e. The molecule has 1 aliphatic rings. The van der Waals surface area contributed by atoms with Crippen LogP contribution < -0.4 is 11.5 Å². The van der Waals surface area contributed by atoms with Crippen molar-refractivity contribution in [1.29, 1.82) is 0 Å². The molecule has 7 nitrogen and oxygen atoms in total. The van der Waals surface area contributed by atoms with Crippen LogP contribution in [-0.4, -0.2) is 37.4 Å². The van der Waals surface area contributed by atoms with Crippen molar-refractivity contribution in [2.24, 2.45) is 0 Å². The molecular formula is C33H44N2O5. The smallest absolute Gasteiger partial charge is 0.338 e. The van der Waals surface area contributed by atoms with Crippen LogP contribution in [0.5, 0.6) is 0 Å². The van der Waals surface area contributed by atoms with Crippen molar-refractivity contribution in [2.45, 2.75) is 82.8 Å². The van der Waals surface area contributed by atoms with Gasteiger partial charge in [0, 0.05) is 30.0 Å². The number of anilines is 2. The van der Waals surface area contributed by atoms with Crippen molar-refractivity contribution >= 4 is 29.4 Å². The second-order valence-corrected chi connectivity index (χ2v) is 10.6. The zero-order valence-electron chi connectivity index (χ0n) is 23.7. The van der Waals surface area contributed by atoms with Crippen molar-refractivity contribution < 1.29 is 23.8 Å². The first-order chi connectivity index (χ1) is 19.3. The van der Waals surface area contributed by atoms with E-state index in [9.17, 15) is 9.59 Å². The fraction of sp³-hybridized carbons (Fsp3) is 0.455. The van der Waals surface area contributed by atoms with E-state index >= 15 is 0 Å². The van der Waals surface area contributed by atoms with E-state index in [1.807, 2.05) is 25.1 Å². The predicted octanol–water partition coefficient (Wildman–Crippen LogP) is 6.83. The van der Waals surface area contributed by atoms with Gasteiger partial charge in [-0.15, -0.1) is 6.58 Å². The van der Waals surface area contributed by atoms with Crippen molar-refractivity contribution in [1.82, 2.24) is 0 Å². The molecule has 1 unspecified atom stereocenters. The van der Waals surface area contributed by atoms with Gasteiger partial charge in [0.25, 0.3) is 0 Å². The van der Waals surface area contributed by atoms with Crippen molar-refractivity contribution in [3.05, 3.63) is 77.9 Å². The molecule has 2 aromatic rings. The predicted molar refractivity (Wildman–Crippen MR) is 161 cm³/mol. The SMILES string of the molecule is C=CCCCCCCOC1CCC(OC(=O)c2ccc(C=CC(=O)OCC(C)c3cc(N)cc(N)c3)cc2)CC1. The highest BCUT2D eigenvalue weighted by atomic mass is 16.5. The number of hydrogen-bond donors (Lipinski definition) is 2. The Bertz CT molecular complexity index is 1100. The third kappa shape index (κ3) is 10.9. The quantitative estimate of drug-likeness (QED) is 0.0824. The number of benzene rings is 2. The molecule has 7 heteroatoms. The fourth-order valence-corrected chi connectivity index (χ4v) is 4.76. The van der Waals surface area contributed by atoms with Gasteiger partial charge in [0.2, 0.25) is 0 Å². The summed E-state index contributed by atoms with van der Waals surface area (Å²) in [6, 6.07) is 12.3. The van der Waals surface area contributed by atoms with Gasteiger partial charge in [-0.3, -0.25) is 0 Å². The second kappa shape index (κ2) is 16.5. The van der Waals surface area contributed by atoms with Gasteiger partial charge in [0.05, 0.1) is 18.3 Å². The van der Waals surface area contributed by atoms with Gasteiger partial charge < -0.3 is 25.7 Å². The number of hydrogen-bond acceptors (Lipinski definition) is 7. The molecule has 0 amide bonds. The summed E-state index contributed by atoms with van der Waals surface area (Å²) in [6.07, 6.45) is 14.5. The van der Waals surface area contributed by atoms with Gasteiger partial charge in [-0.1, -0.05) is 38.0 Å². The van der Waals surface area contributed by atoms with Crippen LogP contribution >= 0.6 is 0 Å². The number of rotatable bonds is 15. The summed E-state index contributed by atoms with van der Waals surface area (Å²) in [4.78, 5) is 24.8. The first-order valence-electron chi connectivity index (χ1n) is 14.4. The zero-order valence-corrected chi connectivity index (χ0v) is 23.7. The summed E-state index contributed by atoms with van der Waals surface area (Å²) in [5, 5.41) is 0. The van der Waals surface area contributed by atoms with Crippen LogP contribution in [0.15, 0.2) is 61.2 Å². The molecule has 0 spiro atoms. The Hall–Kier alpha value is -3.58. The van der Waals surface area contributed by atoms with E-state index in [-0.39, 0.29) is 30.7 Å². The molecule has 1 saturated carbocycles. The number of nitrogens with two attached hydrogens (primary N) is 2. The van der Waals surface area contributed by atoms with Gasteiger partial charge in [0.1, 0.15) is 6.10 Å².